The van der Waals surface area contributed by atoms with Crippen LogP contribution in [-0.2, 0) is 0 Å². The van der Waals surface area contributed by atoms with Gasteiger partial charge >= 0.3 is 0 Å². The highest BCUT2D eigenvalue weighted by molar-refractivity contribution is 6.31. The minimum atomic E-state index is -0.395. The van der Waals surface area contributed by atoms with Gasteiger partial charge in [0.1, 0.15) is 5.82 Å². The second-order valence-corrected chi connectivity index (χ2v) is 4.31. The maximum atomic E-state index is 13.2. The fourth-order valence-corrected chi connectivity index (χ4v) is 1.97. The van der Waals surface area contributed by atoms with Crippen molar-refractivity contribution in [2.45, 2.75) is 32.7 Å². The molecule has 2 unspecified atom stereocenters. The number of hydrogen-bond donors (Lipinski definition) is 1. The van der Waals surface area contributed by atoms with Gasteiger partial charge in [-0.15, -0.1) is 0 Å². The van der Waals surface area contributed by atoms with Crippen LogP contribution in [-0.4, -0.2) is 0 Å². The van der Waals surface area contributed by atoms with Gasteiger partial charge in [-0.2, -0.15) is 0 Å². The van der Waals surface area contributed by atoms with Gasteiger partial charge in [-0.05, 0) is 24.0 Å². The third-order valence-electron chi connectivity index (χ3n) is 2.70. The summed E-state index contributed by atoms with van der Waals surface area (Å²) >= 11 is 5.88. The Morgan fingerprint density at radius 3 is 2.73 bits per heavy atom. The van der Waals surface area contributed by atoms with Crippen LogP contribution in [0.3, 0.4) is 0 Å². The molecule has 1 aromatic carbocycles. The van der Waals surface area contributed by atoms with Crippen LogP contribution in [0.1, 0.15) is 38.3 Å². The molecule has 0 heterocycles. The second-order valence-electron chi connectivity index (χ2n) is 3.93. The Kier molecular flexibility index (Phi) is 4.55. The summed E-state index contributed by atoms with van der Waals surface area (Å²) < 4.78 is 13.2. The zero-order valence-electron chi connectivity index (χ0n) is 9.13. The molecule has 0 spiro atoms. The van der Waals surface area contributed by atoms with Crippen molar-refractivity contribution in [3.63, 3.8) is 0 Å². The smallest absolute Gasteiger partial charge is 0.142 e. The summed E-state index contributed by atoms with van der Waals surface area (Å²) in [7, 11) is 0. The first-order chi connectivity index (χ1) is 7.07. The lowest BCUT2D eigenvalue weighted by molar-refractivity contribution is 0.432. The van der Waals surface area contributed by atoms with Crippen LogP contribution in [0.4, 0.5) is 4.39 Å². The normalized spacial score (nSPS) is 15.0. The highest BCUT2D eigenvalue weighted by atomic mass is 35.5. The Balaban J connectivity index is 2.90. The minimum absolute atomic E-state index is 0.160. The van der Waals surface area contributed by atoms with E-state index < -0.39 is 5.82 Å². The number of benzene rings is 1. The van der Waals surface area contributed by atoms with E-state index in [1.807, 2.05) is 0 Å². The summed E-state index contributed by atoms with van der Waals surface area (Å²) in [5.74, 6) is -0.0809. The first kappa shape index (κ1) is 12.5. The Labute approximate surface area is 95.4 Å². The minimum Gasteiger partial charge on any atom is -0.324 e. The molecular weight excluding hydrogens is 213 g/mol. The van der Waals surface area contributed by atoms with Gasteiger partial charge < -0.3 is 5.73 Å². The van der Waals surface area contributed by atoms with Crippen molar-refractivity contribution in [2.24, 2.45) is 11.7 Å². The molecule has 0 amide bonds. The average molecular weight is 230 g/mol. The Morgan fingerprint density at radius 1 is 1.47 bits per heavy atom. The SMILES string of the molecule is CCCC(C)C(N)c1cccc(F)c1Cl. The van der Waals surface area contributed by atoms with E-state index in [1.54, 1.807) is 12.1 Å². The molecule has 0 radical (unpaired) electrons. The molecule has 2 N–H and O–H groups in total. The maximum Gasteiger partial charge on any atom is 0.142 e. The van der Waals surface area contributed by atoms with Crippen molar-refractivity contribution >= 4 is 11.6 Å². The summed E-state index contributed by atoms with van der Waals surface area (Å²) in [6.45, 7) is 4.17. The molecule has 1 rings (SSSR count). The fraction of sp³-hybridized carbons (Fsp3) is 0.500. The molecule has 0 aliphatic heterocycles. The van der Waals surface area contributed by atoms with Crippen LogP contribution >= 0.6 is 11.6 Å². The van der Waals surface area contributed by atoms with Gasteiger partial charge in [0.05, 0.1) is 5.02 Å². The molecule has 1 nitrogen and oxygen atoms in total. The van der Waals surface area contributed by atoms with Crippen LogP contribution in [0.25, 0.3) is 0 Å². The highest BCUT2D eigenvalue weighted by Crippen LogP contribution is 2.30. The Morgan fingerprint density at radius 2 is 2.13 bits per heavy atom. The van der Waals surface area contributed by atoms with Crippen molar-refractivity contribution in [1.29, 1.82) is 0 Å². The van der Waals surface area contributed by atoms with E-state index in [2.05, 4.69) is 13.8 Å². The Bertz CT molecular complexity index is 327. The van der Waals surface area contributed by atoms with Crippen molar-refractivity contribution in [3.05, 3.63) is 34.6 Å². The number of hydrogen-bond acceptors (Lipinski definition) is 1. The van der Waals surface area contributed by atoms with Crippen LogP contribution in [0.5, 0.6) is 0 Å². The van der Waals surface area contributed by atoms with Gasteiger partial charge in [0, 0.05) is 6.04 Å². The van der Waals surface area contributed by atoms with E-state index in [0.29, 0.717) is 11.5 Å². The number of rotatable bonds is 4. The largest absolute Gasteiger partial charge is 0.324 e. The lowest BCUT2D eigenvalue weighted by atomic mass is 9.92. The first-order valence-corrected chi connectivity index (χ1v) is 5.65. The van der Waals surface area contributed by atoms with Crippen molar-refractivity contribution in [3.8, 4) is 0 Å². The van der Waals surface area contributed by atoms with Crippen molar-refractivity contribution < 1.29 is 4.39 Å². The third kappa shape index (κ3) is 2.93. The van der Waals surface area contributed by atoms with E-state index in [1.165, 1.54) is 6.07 Å². The molecule has 1 aromatic rings. The van der Waals surface area contributed by atoms with E-state index in [4.69, 9.17) is 17.3 Å². The quantitative estimate of drug-likeness (QED) is 0.832. The zero-order chi connectivity index (χ0) is 11.4. The second kappa shape index (κ2) is 5.47. The van der Waals surface area contributed by atoms with Crippen molar-refractivity contribution in [1.82, 2.24) is 0 Å². The number of halogens is 2. The standard InChI is InChI=1S/C12H17ClFN/c1-3-5-8(2)12(15)9-6-4-7-10(14)11(9)13/h4,6-8,12H,3,5,15H2,1-2H3. The monoisotopic (exact) mass is 229 g/mol. The highest BCUT2D eigenvalue weighted by Gasteiger charge is 2.18. The first-order valence-electron chi connectivity index (χ1n) is 5.27. The van der Waals surface area contributed by atoms with Gasteiger partial charge in [0.25, 0.3) is 0 Å². The lowest BCUT2D eigenvalue weighted by Gasteiger charge is -2.20. The molecule has 2 atom stereocenters. The van der Waals surface area contributed by atoms with Crippen LogP contribution in [0.15, 0.2) is 18.2 Å². The van der Waals surface area contributed by atoms with Gasteiger partial charge in [-0.25, -0.2) is 4.39 Å². The van der Waals surface area contributed by atoms with Gasteiger partial charge in [-0.3, -0.25) is 0 Å². The lowest BCUT2D eigenvalue weighted by Crippen LogP contribution is -2.19. The molecule has 0 aliphatic carbocycles. The topological polar surface area (TPSA) is 26.0 Å². The fourth-order valence-electron chi connectivity index (χ4n) is 1.72. The van der Waals surface area contributed by atoms with E-state index in [0.717, 1.165) is 12.8 Å². The van der Waals surface area contributed by atoms with Crippen LogP contribution in [0, 0.1) is 11.7 Å². The number of nitrogens with two attached hydrogens (primary N) is 1. The maximum absolute atomic E-state index is 13.2. The summed E-state index contributed by atoms with van der Waals surface area (Å²) in [5.41, 5.74) is 6.75. The summed E-state index contributed by atoms with van der Waals surface area (Å²) in [4.78, 5) is 0. The third-order valence-corrected chi connectivity index (χ3v) is 3.10. The predicted octanol–water partition coefficient (Wildman–Crippen LogP) is 3.92. The Hall–Kier alpha value is -0.600. The van der Waals surface area contributed by atoms with Gasteiger partial charge in [-0.1, -0.05) is 44.0 Å². The molecule has 0 saturated heterocycles. The van der Waals surface area contributed by atoms with Crippen LogP contribution < -0.4 is 5.73 Å². The predicted molar refractivity (Wildman–Crippen MR) is 62.4 cm³/mol. The zero-order valence-corrected chi connectivity index (χ0v) is 9.89. The summed E-state index contributed by atoms with van der Waals surface area (Å²) in [5, 5.41) is 0.160. The van der Waals surface area contributed by atoms with E-state index in [-0.39, 0.29) is 11.1 Å². The van der Waals surface area contributed by atoms with Crippen LogP contribution in [0.2, 0.25) is 5.02 Å². The molecule has 0 aromatic heterocycles. The average Bonchev–Trinajstić information content (AvgIpc) is 2.21. The molecule has 3 heteroatoms. The van der Waals surface area contributed by atoms with E-state index >= 15 is 0 Å². The molecular formula is C12H17ClFN. The molecule has 0 aliphatic rings. The van der Waals surface area contributed by atoms with E-state index in [9.17, 15) is 4.39 Å². The molecule has 0 saturated carbocycles. The molecule has 0 bridgehead atoms. The molecule has 84 valence electrons. The summed E-state index contributed by atoms with van der Waals surface area (Å²) in [6, 6.07) is 4.61. The van der Waals surface area contributed by atoms with Crippen molar-refractivity contribution in [2.75, 3.05) is 0 Å². The summed E-state index contributed by atoms with van der Waals surface area (Å²) in [6.07, 6.45) is 2.09. The molecule has 15 heavy (non-hydrogen) atoms. The van der Waals surface area contributed by atoms with Gasteiger partial charge in [0.2, 0.25) is 0 Å². The van der Waals surface area contributed by atoms with Gasteiger partial charge in [0.15, 0.2) is 0 Å². The molecule has 0 fully saturated rings.